The van der Waals surface area contributed by atoms with Crippen LogP contribution in [-0.4, -0.2) is 14.5 Å². The van der Waals surface area contributed by atoms with E-state index in [2.05, 4.69) is 0 Å². The molecule has 2 aromatic rings. The molecule has 1 aromatic heterocycles. The molecule has 0 radical (unpaired) electrons. The first-order valence-electron chi connectivity index (χ1n) is 5.66. The first kappa shape index (κ1) is 13.5. The highest BCUT2D eigenvalue weighted by molar-refractivity contribution is 7.85. The fourth-order valence-corrected chi connectivity index (χ4v) is 2.77. The van der Waals surface area contributed by atoms with E-state index in [4.69, 9.17) is 5.73 Å². The number of aromatic nitrogens is 1. The van der Waals surface area contributed by atoms with Crippen LogP contribution in [0, 0.1) is 5.82 Å². The molecule has 0 fully saturated rings. The molecule has 0 saturated carbocycles. The van der Waals surface area contributed by atoms with Gasteiger partial charge < -0.3 is 10.3 Å². The summed E-state index contributed by atoms with van der Waals surface area (Å²) in [7, 11) is -1.39. The Hall–Kier alpha value is -1.95. The van der Waals surface area contributed by atoms with Crippen molar-refractivity contribution in [1.29, 1.82) is 0 Å². The largest absolute Gasteiger partial charge is 0.399 e. The van der Waals surface area contributed by atoms with Crippen molar-refractivity contribution in [2.75, 3.05) is 11.5 Å². The number of nitrogens with zero attached hydrogens (tertiary/aromatic N) is 1. The van der Waals surface area contributed by atoms with E-state index >= 15 is 0 Å². The normalized spacial score (nSPS) is 12.3. The van der Waals surface area contributed by atoms with Gasteiger partial charge in [-0.2, -0.15) is 0 Å². The van der Waals surface area contributed by atoms with Crippen molar-refractivity contribution in [3.63, 3.8) is 0 Å². The third kappa shape index (κ3) is 3.51. The molecule has 0 aliphatic rings. The molecule has 0 aliphatic carbocycles. The summed E-state index contributed by atoms with van der Waals surface area (Å²) < 4.78 is 26.6. The molecule has 0 saturated heterocycles. The minimum atomic E-state index is -1.39. The Bertz CT molecular complexity index is 649. The Labute approximate surface area is 112 Å². The molecule has 0 bridgehead atoms. The predicted molar refractivity (Wildman–Crippen MR) is 72.8 cm³/mol. The van der Waals surface area contributed by atoms with E-state index in [-0.39, 0.29) is 17.0 Å². The molecule has 6 heteroatoms. The summed E-state index contributed by atoms with van der Waals surface area (Å²) in [5.74, 6) is -0.285. The number of anilines is 1. The summed E-state index contributed by atoms with van der Waals surface area (Å²) in [6, 6.07) is 8.65. The summed E-state index contributed by atoms with van der Waals surface area (Å²) in [4.78, 5) is 11.8. The van der Waals surface area contributed by atoms with E-state index in [0.29, 0.717) is 11.4 Å². The van der Waals surface area contributed by atoms with Gasteiger partial charge in [-0.05, 0) is 24.3 Å². The lowest BCUT2D eigenvalue weighted by atomic mass is 10.3. The van der Waals surface area contributed by atoms with Crippen LogP contribution in [0.3, 0.4) is 0 Å². The first-order chi connectivity index (χ1) is 9.06. The second kappa shape index (κ2) is 5.79. The summed E-state index contributed by atoms with van der Waals surface area (Å²) >= 11 is 0. The smallest absolute Gasteiger partial charge is 0.250 e. The number of nitrogen functional groups attached to an aromatic ring is 1. The average Bonchev–Trinajstić information content (AvgIpc) is 2.36. The molecule has 0 amide bonds. The number of nitrogens with two attached hydrogens (primary N) is 1. The van der Waals surface area contributed by atoms with Crippen LogP contribution in [-0.2, 0) is 17.3 Å². The summed E-state index contributed by atoms with van der Waals surface area (Å²) in [6.45, 7) is 0.308. The van der Waals surface area contributed by atoms with Gasteiger partial charge >= 0.3 is 0 Å². The van der Waals surface area contributed by atoms with Gasteiger partial charge in [-0.1, -0.05) is 6.07 Å². The van der Waals surface area contributed by atoms with Gasteiger partial charge in [0.25, 0.3) is 5.56 Å². The lowest BCUT2D eigenvalue weighted by Crippen LogP contribution is -2.20. The van der Waals surface area contributed by atoms with E-state index in [9.17, 15) is 13.4 Å². The van der Waals surface area contributed by atoms with Gasteiger partial charge in [-0.3, -0.25) is 9.00 Å². The van der Waals surface area contributed by atoms with Crippen molar-refractivity contribution in [1.82, 2.24) is 4.57 Å². The van der Waals surface area contributed by atoms with Gasteiger partial charge in [-0.15, -0.1) is 0 Å². The Morgan fingerprint density at radius 2 is 2.05 bits per heavy atom. The van der Waals surface area contributed by atoms with E-state index in [1.165, 1.54) is 28.8 Å². The molecule has 4 nitrogen and oxygen atoms in total. The fourth-order valence-electron chi connectivity index (χ4n) is 1.66. The molecule has 0 spiro atoms. The van der Waals surface area contributed by atoms with Crippen molar-refractivity contribution < 1.29 is 8.60 Å². The van der Waals surface area contributed by atoms with Crippen LogP contribution in [0.1, 0.15) is 0 Å². The van der Waals surface area contributed by atoms with Gasteiger partial charge in [0.2, 0.25) is 0 Å². The lowest BCUT2D eigenvalue weighted by Gasteiger charge is -2.06. The van der Waals surface area contributed by atoms with Crippen LogP contribution in [0.4, 0.5) is 10.1 Å². The van der Waals surface area contributed by atoms with Crippen molar-refractivity contribution in [2.24, 2.45) is 0 Å². The molecule has 2 N–H and O–H groups in total. The molecule has 100 valence electrons. The van der Waals surface area contributed by atoms with E-state index in [1.54, 1.807) is 18.3 Å². The third-order valence-corrected chi connectivity index (χ3v) is 3.89. The summed E-state index contributed by atoms with van der Waals surface area (Å²) in [6.07, 6.45) is 1.62. The standard InChI is InChI=1S/C13H13FN2O2S/c14-10-7-11(15)9-12(8-10)19(18)6-5-16-4-2-1-3-13(16)17/h1-4,7-9H,5-6,15H2. The zero-order chi connectivity index (χ0) is 13.8. The zero-order valence-electron chi connectivity index (χ0n) is 10.1. The topological polar surface area (TPSA) is 65.1 Å². The fraction of sp³-hybridized carbons (Fsp3) is 0.154. The quantitative estimate of drug-likeness (QED) is 0.860. The number of hydrogen-bond donors (Lipinski definition) is 1. The molecule has 1 heterocycles. The highest BCUT2D eigenvalue weighted by atomic mass is 32.2. The molecule has 1 aromatic carbocycles. The van der Waals surface area contributed by atoms with E-state index in [1.807, 2.05) is 0 Å². The number of benzene rings is 1. The van der Waals surface area contributed by atoms with Crippen LogP contribution in [0.2, 0.25) is 0 Å². The molecule has 0 aliphatic heterocycles. The molecule has 1 atom stereocenters. The van der Waals surface area contributed by atoms with Gasteiger partial charge in [0.05, 0.1) is 10.8 Å². The monoisotopic (exact) mass is 280 g/mol. The SMILES string of the molecule is Nc1cc(F)cc(S(=O)CCn2ccccc2=O)c1. The van der Waals surface area contributed by atoms with Crippen molar-refractivity contribution in [3.8, 4) is 0 Å². The number of hydrogen-bond acceptors (Lipinski definition) is 3. The second-order valence-corrected chi connectivity index (χ2v) is 5.57. The number of rotatable bonds is 4. The number of halogens is 1. The lowest BCUT2D eigenvalue weighted by molar-refractivity contribution is 0.622. The van der Waals surface area contributed by atoms with Crippen molar-refractivity contribution in [2.45, 2.75) is 11.4 Å². The van der Waals surface area contributed by atoms with Crippen LogP contribution < -0.4 is 11.3 Å². The zero-order valence-corrected chi connectivity index (χ0v) is 10.9. The Balaban J connectivity index is 2.10. The van der Waals surface area contributed by atoms with E-state index in [0.717, 1.165) is 0 Å². The van der Waals surface area contributed by atoms with Gasteiger partial charge in [0, 0.05) is 35.1 Å². The molecular formula is C13H13FN2O2S. The average molecular weight is 280 g/mol. The van der Waals surface area contributed by atoms with Crippen molar-refractivity contribution in [3.05, 3.63) is 58.8 Å². The van der Waals surface area contributed by atoms with Crippen LogP contribution in [0.25, 0.3) is 0 Å². The molecular weight excluding hydrogens is 267 g/mol. The minimum Gasteiger partial charge on any atom is -0.399 e. The highest BCUT2D eigenvalue weighted by Crippen LogP contribution is 2.14. The summed E-state index contributed by atoms with van der Waals surface area (Å²) in [5, 5.41) is 0. The third-order valence-electron chi connectivity index (χ3n) is 2.57. The van der Waals surface area contributed by atoms with Gasteiger partial charge in [0.1, 0.15) is 5.82 Å². The maximum absolute atomic E-state index is 13.1. The highest BCUT2D eigenvalue weighted by Gasteiger charge is 2.07. The van der Waals surface area contributed by atoms with Crippen LogP contribution >= 0.6 is 0 Å². The minimum absolute atomic E-state index is 0.154. The maximum Gasteiger partial charge on any atom is 0.250 e. The maximum atomic E-state index is 13.1. The van der Waals surface area contributed by atoms with Gasteiger partial charge in [-0.25, -0.2) is 4.39 Å². The molecule has 19 heavy (non-hydrogen) atoms. The van der Waals surface area contributed by atoms with E-state index < -0.39 is 16.6 Å². The number of aryl methyl sites for hydroxylation is 1. The Morgan fingerprint density at radius 3 is 2.74 bits per heavy atom. The molecule has 1 unspecified atom stereocenters. The van der Waals surface area contributed by atoms with Crippen LogP contribution in [0.15, 0.2) is 52.3 Å². The predicted octanol–water partition coefficient (Wildman–Crippen LogP) is 1.38. The van der Waals surface area contributed by atoms with Gasteiger partial charge in [0.15, 0.2) is 0 Å². The number of pyridine rings is 1. The molecule has 2 rings (SSSR count). The Morgan fingerprint density at radius 1 is 1.26 bits per heavy atom. The van der Waals surface area contributed by atoms with Crippen LogP contribution in [0.5, 0.6) is 0 Å². The second-order valence-electron chi connectivity index (χ2n) is 4.00. The Kier molecular flexibility index (Phi) is 4.11. The van der Waals surface area contributed by atoms with Crippen molar-refractivity contribution >= 4 is 16.5 Å². The summed E-state index contributed by atoms with van der Waals surface area (Å²) in [5.41, 5.74) is 5.58. The first-order valence-corrected chi connectivity index (χ1v) is 6.98.